The summed E-state index contributed by atoms with van der Waals surface area (Å²) in [5.41, 5.74) is 0. The topological polar surface area (TPSA) is 57.2 Å². The molecule has 2 aliphatic heterocycles. The van der Waals surface area contributed by atoms with Gasteiger partial charge in [0.1, 0.15) is 6.10 Å². The summed E-state index contributed by atoms with van der Waals surface area (Å²) in [6.45, 7) is 4.96. The minimum absolute atomic E-state index is 0.0196. The Labute approximate surface area is 140 Å². The standard InChI is InChI=1S/C15H25F3N4O2/c1-2-19-14(20-6-5-15(16,17)18)22-9-7-21(8-10-22)13(23)12-4-3-11-24-12/h12H,2-11H2,1H3,(H,19,20). The molecule has 1 unspecified atom stereocenters. The lowest BCUT2D eigenvalue weighted by atomic mass is 10.2. The molecule has 0 saturated carbocycles. The molecule has 6 nitrogen and oxygen atoms in total. The second-order valence-corrected chi connectivity index (χ2v) is 5.91. The number of nitrogens with zero attached hydrogens (tertiary/aromatic N) is 3. The van der Waals surface area contributed by atoms with Crippen molar-refractivity contribution >= 4 is 11.9 Å². The largest absolute Gasteiger partial charge is 0.390 e. The van der Waals surface area contributed by atoms with Crippen molar-refractivity contribution in [1.82, 2.24) is 15.1 Å². The fraction of sp³-hybridized carbons (Fsp3) is 0.867. The molecule has 0 aromatic carbocycles. The average Bonchev–Trinajstić information content (AvgIpc) is 3.07. The third-order valence-electron chi connectivity index (χ3n) is 4.09. The summed E-state index contributed by atoms with van der Waals surface area (Å²) < 4.78 is 42.2. The second-order valence-electron chi connectivity index (χ2n) is 5.91. The first kappa shape index (κ1) is 18.8. The van der Waals surface area contributed by atoms with Crippen LogP contribution in [-0.4, -0.2) is 79.8 Å². The van der Waals surface area contributed by atoms with Crippen molar-refractivity contribution in [3.63, 3.8) is 0 Å². The smallest absolute Gasteiger partial charge is 0.368 e. The summed E-state index contributed by atoms with van der Waals surface area (Å²) in [7, 11) is 0. The minimum atomic E-state index is -4.20. The summed E-state index contributed by atoms with van der Waals surface area (Å²) in [4.78, 5) is 20.0. The molecule has 24 heavy (non-hydrogen) atoms. The molecule has 0 aliphatic carbocycles. The van der Waals surface area contributed by atoms with Gasteiger partial charge in [0.2, 0.25) is 0 Å². The quantitative estimate of drug-likeness (QED) is 0.612. The van der Waals surface area contributed by atoms with Crippen LogP contribution < -0.4 is 5.32 Å². The first-order valence-electron chi connectivity index (χ1n) is 8.41. The van der Waals surface area contributed by atoms with Gasteiger partial charge in [-0.25, -0.2) is 0 Å². The Balaban J connectivity index is 1.85. The molecule has 0 bridgehead atoms. The van der Waals surface area contributed by atoms with Crippen molar-refractivity contribution in [1.29, 1.82) is 0 Å². The number of alkyl halides is 3. The Morgan fingerprint density at radius 2 is 1.92 bits per heavy atom. The summed E-state index contributed by atoms with van der Waals surface area (Å²) in [6.07, 6.45) is -3.79. The van der Waals surface area contributed by atoms with Gasteiger partial charge in [-0.05, 0) is 19.8 Å². The molecule has 0 aromatic rings. The predicted molar refractivity (Wildman–Crippen MR) is 83.8 cm³/mol. The molecule has 2 saturated heterocycles. The molecular weight excluding hydrogens is 325 g/mol. The van der Waals surface area contributed by atoms with Gasteiger partial charge in [0.15, 0.2) is 5.96 Å². The lowest BCUT2D eigenvalue weighted by Crippen LogP contribution is -2.55. The highest BCUT2D eigenvalue weighted by atomic mass is 19.4. The fourth-order valence-corrected chi connectivity index (χ4v) is 2.83. The summed E-state index contributed by atoms with van der Waals surface area (Å²) in [6, 6.07) is 0. The molecule has 138 valence electrons. The Morgan fingerprint density at radius 1 is 1.25 bits per heavy atom. The maximum Gasteiger partial charge on any atom is 0.390 e. The van der Waals surface area contributed by atoms with Gasteiger partial charge in [-0.15, -0.1) is 0 Å². The third-order valence-corrected chi connectivity index (χ3v) is 4.09. The Kier molecular flexibility index (Phi) is 6.70. The SMILES string of the molecule is CCNC(=NCCC(F)(F)F)N1CCN(C(=O)C2CCCO2)CC1. The minimum Gasteiger partial charge on any atom is -0.368 e. The molecule has 2 fully saturated rings. The first-order valence-corrected chi connectivity index (χ1v) is 8.41. The average molecular weight is 350 g/mol. The van der Waals surface area contributed by atoms with Gasteiger partial charge >= 0.3 is 6.18 Å². The molecule has 2 heterocycles. The van der Waals surface area contributed by atoms with Crippen LogP contribution in [0.3, 0.4) is 0 Å². The van der Waals surface area contributed by atoms with E-state index in [-0.39, 0.29) is 18.6 Å². The van der Waals surface area contributed by atoms with E-state index in [1.165, 1.54) is 0 Å². The predicted octanol–water partition coefficient (Wildman–Crippen LogP) is 1.23. The maximum absolute atomic E-state index is 12.3. The molecule has 0 radical (unpaired) electrons. The zero-order chi connectivity index (χ0) is 17.6. The highest BCUT2D eigenvalue weighted by Gasteiger charge is 2.31. The van der Waals surface area contributed by atoms with E-state index in [0.29, 0.717) is 45.3 Å². The zero-order valence-corrected chi connectivity index (χ0v) is 13.9. The monoisotopic (exact) mass is 350 g/mol. The van der Waals surface area contributed by atoms with Gasteiger partial charge in [0.05, 0.1) is 13.0 Å². The molecule has 0 aromatic heterocycles. The molecule has 9 heteroatoms. The number of carbonyl (C=O) groups excluding carboxylic acids is 1. The molecule has 2 aliphatic rings. The van der Waals surface area contributed by atoms with E-state index in [1.54, 1.807) is 4.90 Å². The van der Waals surface area contributed by atoms with Gasteiger partial charge in [-0.1, -0.05) is 0 Å². The van der Waals surface area contributed by atoms with Gasteiger partial charge in [0, 0.05) is 39.3 Å². The fourth-order valence-electron chi connectivity index (χ4n) is 2.83. The van der Waals surface area contributed by atoms with Crippen molar-refractivity contribution in [2.24, 2.45) is 4.99 Å². The number of carbonyl (C=O) groups is 1. The number of guanidine groups is 1. The van der Waals surface area contributed by atoms with Crippen LogP contribution in [0.4, 0.5) is 13.2 Å². The summed E-state index contributed by atoms with van der Waals surface area (Å²) in [5, 5.41) is 3.02. The van der Waals surface area contributed by atoms with Crippen LogP contribution in [0.2, 0.25) is 0 Å². The van der Waals surface area contributed by atoms with Crippen molar-refractivity contribution in [3.05, 3.63) is 0 Å². The molecule has 1 N–H and O–H groups in total. The maximum atomic E-state index is 12.3. The van der Waals surface area contributed by atoms with Crippen LogP contribution >= 0.6 is 0 Å². The Morgan fingerprint density at radius 3 is 2.46 bits per heavy atom. The van der Waals surface area contributed by atoms with Crippen molar-refractivity contribution < 1.29 is 22.7 Å². The van der Waals surface area contributed by atoms with Gasteiger partial charge in [-0.3, -0.25) is 9.79 Å². The summed E-state index contributed by atoms with van der Waals surface area (Å²) >= 11 is 0. The highest BCUT2D eigenvalue weighted by Crippen LogP contribution is 2.19. The van der Waals surface area contributed by atoms with Crippen LogP contribution in [0.1, 0.15) is 26.2 Å². The highest BCUT2D eigenvalue weighted by molar-refractivity contribution is 5.82. The van der Waals surface area contributed by atoms with E-state index in [2.05, 4.69) is 10.3 Å². The van der Waals surface area contributed by atoms with Crippen LogP contribution in [0.5, 0.6) is 0 Å². The van der Waals surface area contributed by atoms with Crippen LogP contribution in [-0.2, 0) is 9.53 Å². The van der Waals surface area contributed by atoms with Gasteiger partial charge in [0.25, 0.3) is 5.91 Å². The van der Waals surface area contributed by atoms with E-state index in [4.69, 9.17) is 4.74 Å². The number of amides is 1. The van der Waals surface area contributed by atoms with Crippen molar-refractivity contribution in [2.45, 2.75) is 38.5 Å². The number of nitrogens with one attached hydrogen (secondary N) is 1. The zero-order valence-electron chi connectivity index (χ0n) is 13.9. The van der Waals surface area contributed by atoms with E-state index in [9.17, 15) is 18.0 Å². The summed E-state index contributed by atoms with van der Waals surface area (Å²) in [5.74, 6) is 0.497. The number of ether oxygens (including phenoxy) is 1. The lowest BCUT2D eigenvalue weighted by Gasteiger charge is -2.37. The second kappa shape index (κ2) is 8.55. The Hall–Kier alpha value is -1.51. The van der Waals surface area contributed by atoms with E-state index >= 15 is 0 Å². The number of piperazine rings is 1. The van der Waals surface area contributed by atoms with E-state index in [1.807, 2.05) is 11.8 Å². The number of hydrogen-bond donors (Lipinski definition) is 1. The van der Waals surface area contributed by atoms with Crippen molar-refractivity contribution in [3.8, 4) is 0 Å². The third kappa shape index (κ3) is 5.54. The molecule has 0 spiro atoms. The number of hydrogen-bond acceptors (Lipinski definition) is 3. The number of rotatable bonds is 4. The van der Waals surface area contributed by atoms with E-state index < -0.39 is 12.6 Å². The van der Waals surface area contributed by atoms with Crippen LogP contribution in [0.25, 0.3) is 0 Å². The van der Waals surface area contributed by atoms with Gasteiger partial charge < -0.3 is 19.9 Å². The van der Waals surface area contributed by atoms with Gasteiger partial charge in [-0.2, -0.15) is 13.2 Å². The lowest BCUT2D eigenvalue weighted by molar-refractivity contribution is -0.142. The molecule has 1 atom stereocenters. The van der Waals surface area contributed by atoms with Crippen LogP contribution in [0, 0.1) is 0 Å². The number of halogens is 3. The normalized spacial score (nSPS) is 22.8. The van der Waals surface area contributed by atoms with Crippen molar-refractivity contribution in [2.75, 3.05) is 45.9 Å². The van der Waals surface area contributed by atoms with Crippen LogP contribution in [0.15, 0.2) is 4.99 Å². The number of aliphatic imine (C=N–C) groups is 1. The first-order chi connectivity index (χ1) is 11.4. The Bertz CT molecular complexity index is 442. The van der Waals surface area contributed by atoms with E-state index in [0.717, 1.165) is 12.8 Å². The molecule has 1 amide bonds. The molecular formula is C15H25F3N4O2. The molecule has 2 rings (SSSR count).